The number of alkyl halides is 3. The van der Waals surface area contributed by atoms with Crippen LogP contribution in [0.25, 0.3) is 0 Å². The number of amidine groups is 1. The lowest BCUT2D eigenvalue weighted by atomic mass is 10.0. The summed E-state index contributed by atoms with van der Waals surface area (Å²) in [6, 6.07) is -0.0676. The lowest BCUT2D eigenvalue weighted by molar-refractivity contribution is -0.167. The van der Waals surface area contributed by atoms with E-state index in [1.807, 2.05) is 6.92 Å². The van der Waals surface area contributed by atoms with Crippen molar-refractivity contribution in [3.63, 3.8) is 0 Å². The zero-order chi connectivity index (χ0) is 22.6. The molecule has 2 aliphatic rings. The second kappa shape index (κ2) is 9.62. The van der Waals surface area contributed by atoms with Gasteiger partial charge in [0.05, 0.1) is 18.5 Å². The van der Waals surface area contributed by atoms with Gasteiger partial charge in [0, 0.05) is 24.6 Å². The van der Waals surface area contributed by atoms with Crippen LogP contribution >= 0.6 is 0 Å². The van der Waals surface area contributed by atoms with Gasteiger partial charge in [-0.15, -0.1) is 0 Å². The van der Waals surface area contributed by atoms with Crippen LogP contribution in [-0.4, -0.2) is 45.2 Å². The van der Waals surface area contributed by atoms with E-state index in [9.17, 15) is 17.6 Å². The van der Waals surface area contributed by atoms with Crippen LogP contribution in [0.4, 0.5) is 17.6 Å². The molecule has 9 heteroatoms. The highest BCUT2D eigenvalue weighted by Gasteiger charge is 2.46. The van der Waals surface area contributed by atoms with Crippen LogP contribution < -0.4 is 0 Å². The second-order valence-corrected chi connectivity index (χ2v) is 7.76. The van der Waals surface area contributed by atoms with E-state index in [1.165, 1.54) is 11.0 Å². The summed E-state index contributed by atoms with van der Waals surface area (Å²) >= 11 is 0. The van der Waals surface area contributed by atoms with Crippen LogP contribution in [0.2, 0.25) is 0 Å². The van der Waals surface area contributed by atoms with E-state index >= 15 is 0 Å². The van der Waals surface area contributed by atoms with Gasteiger partial charge in [-0.3, -0.25) is 9.99 Å². The minimum absolute atomic E-state index is 0.0967. The first-order chi connectivity index (χ1) is 14.7. The maximum atomic E-state index is 13.4. The summed E-state index contributed by atoms with van der Waals surface area (Å²) in [5.41, 5.74) is 3.16. The Kier molecular flexibility index (Phi) is 7.12. The minimum Gasteiger partial charge on any atom is -0.348 e. The Hall–Kier alpha value is -2.71. The molecule has 1 atom stereocenters. The molecule has 1 fully saturated rings. The summed E-state index contributed by atoms with van der Waals surface area (Å²) in [5.74, 6) is -0.0587. The molecule has 0 bridgehead atoms. The van der Waals surface area contributed by atoms with Gasteiger partial charge in [-0.2, -0.15) is 18.3 Å². The average molecular weight is 437 g/mol. The number of pyridine rings is 1. The molecular weight excluding hydrogens is 410 g/mol. The van der Waals surface area contributed by atoms with Crippen LogP contribution in [0.15, 0.2) is 52.6 Å². The van der Waals surface area contributed by atoms with Crippen molar-refractivity contribution in [3.8, 4) is 0 Å². The molecule has 0 spiro atoms. The second-order valence-electron chi connectivity index (χ2n) is 7.76. The standard InChI is InChI=1S/C22H27F4N5/c1-4-18(12-28-16(3)30-9-5-6-21(30)22(24,25)26)20-8-7-15(2)31(29-20)14-17-10-19(23)13-27-11-17/h10-13,21H,2,4-9,14H2,1,3H3/b18-12+,28-16+. The molecule has 168 valence electrons. The number of likely N-dealkylation sites (tertiary alicyclic amines) is 1. The SMILES string of the molecule is C=C1CCC(/C(=C/N=C(\C)N2CCCC2C(F)(F)F)CC)=NN1Cc1cncc(F)c1. The number of allylic oxidation sites excluding steroid dienone is 2. The number of hydrazone groups is 1. The molecule has 3 heterocycles. The number of aliphatic imine (C=N–C) groups is 1. The van der Waals surface area contributed by atoms with Crippen LogP contribution in [0.3, 0.4) is 0 Å². The number of halogens is 4. The zero-order valence-electron chi connectivity index (χ0n) is 17.8. The summed E-state index contributed by atoms with van der Waals surface area (Å²) in [4.78, 5) is 9.55. The molecule has 5 nitrogen and oxygen atoms in total. The van der Waals surface area contributed by atoms with Gasteiger partial charge in [0.1, 0.15) is 17.7 Å². The van der Waals surface area contributed by atoms with Crippen molar-refractivity contribution in [2.24, 2.45) is 10.1 Å². The summed E-state index contributed by atoms with van der Waals surface area (Å²) in [6.45, 7) is 8.30. The molecule has 31 heavy (non-hydrogen) atoms. The van der Waals surface area contributed by atoms with Crippen molar-refractivity contribution in [2.45, 2.75) is 64.7 Å². The number of rotatable bonds is 5. The Bertz CT molecular complexity index is 903. The van der Waals surface area contributed by atoms with Crippen LogP contribution in [0.1, 0.15) is 51.5 Å². The third-order valence-electron chi connectivity index (χ3n) is 5.56. The van der Waals surface area contributed by atoms with Gasteiger partial charge in [0.25, 0.3) is 0 Å². The van der Waals surface area contributed by atoms with Crippen molar-refractivity contribution in [1.82, 2.24) is 14.9 Å². The molecule has 1 saturated heterocycles. The highest BCUT2D eigenvalue weighted by Crippen LogP contribution is 2.33. The molecule has 0 aliphatic carbocycles. The third-order valence-corrected chi connectivity index (χ3v) is 5.56. The van der Waals surface area contributed by atoms with Crippen molar-refractivity contribution in [3.05, 3.63) is 53.9 Å². The quantitative estimate of drug-likeness (QED) is 0.351. The third kappa shape index (κ3) is 5.71. The van der Waals surface area contributed by atoms with E-state index in [-0.39, 0.29) is 6.42 Å². The highest BCUT2D eigenvalue weighted by atomic mass is 19.4. The molecule has 1 unspecified atom stereocenters. The van der Waals surface area contributed by atoms with Crippen LogP contribution in [0, 0.1) is 5.82 Å². The molecule has 2 aliphatic heterocycles. The van der Waals surface area contributed by atoms with Gasteiger partial charge < -0.3 is 4.90 Å². The maximum Gasteiger partial charge on any atom is 0.408 e. The fourth-order valence-corrected chi connectivity index (χ4v) is 3.86. The average Bonchev–Trinajstić information content (AvgIpc) is 3.21. The normalized spacial score (nSPS) is 21.0. The predicted octanol–water partition coefficient (Wildman–Crippen LogP) is 5.43. The molecule has 3 rings (SSSR count). The fraction of sp³-hybridized carbons (Fsp3) is 0.500. The molecule has 0 amide bonds. The Morgan fingerprint density at radius 2 is 2.10 bits per heavy atom. The molecule has 1 aromatic rings. The number of nitrogens with zero attached hydrogens (tertiary/aromatic N) is 5. The Morgan fingerprint density at radius 3 is 2.77 bits per heavy atom. The smallest absolute Gasteiger partial charge is 0.348 e. The van der Waals surface area contributed by atoms with Crippen molar-refractivity contribution < 1.29 is 17.6 Å². The number of aromatic nitrogens is 1. The molecule has 1 aromatic heterocycles. The monoisotopic (exact) mass is 437 g/mol. The highest BCUT2D eigenvalue weighted by molar-refractivity contribution is 6.00. The first kappa shape index (κ1) is 23.0. The van der Waals surface area contributed by atoms with Crippen molar-refractivity contribution >= 4 is 11.5 Å². The van der Waals surface area contributed by atoms with Crippen LogP contribution in [-0.2, 0) is 6.54 Å². The maximum absolute atomic E-state index is 13.4. The molecule has 0 N–H and O–H groups in total. The Labute approximate surface area is 179 Å². The Balaban J connectivity index is 1.79. The fourth-order valence-electron chi connectivity index (χ4n) is 3.86. The van der Waals surface area contributed by atoms with Crippen molar-refractivity contribution in [2.75, 3.05) is 6.54 Å². The van der Waals surface area contributed by atoms with Crippen LogP contribution in [0.5, 0.6) is 0 Å². The van der Waals surface area contributed by atoms with E-state index in [4.69, 9.17) is 0 Å². The van der Waals surface area contributed by atoms with E-state index in [0.29, 0.717) is 50.2 Å². The van der Waals surface area contributed by atoms with Gasteiger partial charge in [-0.1, -0.05) is 13.5 Å². The number of hydrogen-bond acceptors (Lipinski definition) is 4. The molecular formula is C22H27F4N5. The summed E-state index contributed by atoms with van der Waals surface area (Å²) in [5, 5.41) is 6.38. The van der Waals surface area contributed by atoms with E-state index in [1.54, 1.807) is 24.3 Å². The zero-order valence-corrected chi connectivity index (χ0v) is 17.8. The van der Waals surface area contributed by atoms with Gasteiger partial charge in [-0.25, -0.2) is 9.38 Å². The topological polar surface area (TPSA) is 44.1 Å². The molecule has 0 saturated carbocycles. The van der Waals surface area contributed by atoms with Gasteiger partial charge in [0.2, 0.25) is 0 Å². The molecule has 0 aromatic carbocycles. The summed E-state index contributed by atoms with van der Waals surface area (Å²) < 4.78 is 53.2. The van der Waals surface area contributed by atoms with E-state index < -0.39 is 18.0 Å². The predicted molar refractivity (Wildman–Crippen MR) is 113 cm³/mol. The lowest BCUT2D eigenvalue weighted by Crippen LogP contribution is -2.43. The number of hydrogen-bond donors (Lipinski definition) is 0. The summed E-state index contributed by atoms with van der Waals surface area (Å²) in [7, 11) is 0. The van der Waals surface area contributed by atoms with Gasteiger partial charge >= 0.3 is 6.18 Å². The largest absolute Gasteiger partial charge is 0.408 e. The van der Waals surface area contributed by atoms with Crippen molar-refractivity contribution in [1.29, 1.82) is 0 Å². The van der Waals surface area contributed by atoms with E-state index in [0.717, 1.165) is 23.2 Å². The van der Waals surface area contributed by atoms with Gasteiger partial charge in [-0.05, 0) is 56.2 Å². The van der Waals surface area contributed by atoms with E-state index in [2.05, 4.69) is 21.7 Å². The summed E-state index contributed by atoms with van der Waals surface area (Å²) in [6.07, 6.45) is 2.67. The minimum atomic E-state index is -4.26. The molecule has 0 radical (unpaired) electrons. The Morgan fingerprint density at radius 1 is 1.32 bits per heavy atom. The first-order valence-electron chi connectivity index (χ1n) is 10.4. The lowest BCUT2D eigenvalue weighted by Gasteiger charge is -2.28. The first-order valence-corrected chi connectivity index (χ1v) is 10.4. The van der Waals surface area contributed by atoms with Gasteiger partial charge in [0.15, 0.2) is 0 Å².